The summed E-state index contributed by atoms with van der Waals surface area (Å²) in [5.74, 6) is -0.0471. The molecule has 1 amide bonds. The van der Waals surface area contributed by atoms with Crippen LogP contribution in [0.15, 0.2) is 12.1 Å². The first-order valence-electron chi connectivity index (χ1n) is 5.54. The highest BCUT2D eigenvalue weighted by Crippen LogP contribution is 2.17. The van der Waals surface area contributed by atoms with Gasteiger partial charge in [0.1, 0.15) is 5.15 Å². The van der Waals surface area contributed by atoms with Gasteiger partial charge in [-0.1, -0.05) is 25.4 Å². The van der Waals surface area contributed by atoms with Gasteiger partial charge >= 0.3 is 0 Å². The van der Waals surface area contributed by atoms with E-state index in [2.05, 4.69) is 10.3 Å². The Labute approximate surface area is 106 Å². The van der Waals surface area contributed by atoms with Gasteiger partial charge in [0.25, 0.3) is 5.91 Å². The number of nitrogens with one attached hydrogen (secondary N) is 1. The first-order chi connectivity index (χ1) is 7.90. The van der Waals surface area contributed by atoms with Crippen LogP contribution in [-0.2, 0) is 0 Å². The average Bonchev–Trinajstić information content (AvgIpc) is 2.24. The summed E-state index contributed by atoms with van der Waals surface area (Å²) in [4.78, 5) is 15.9. The van der Waals surface area contributed by atoms with Crippen LogP contribution < -0.4 is 5.32 Å². The number of hydrogen-bond acceptors (Lipinski definition) is 3. The predicted octanol–water partition coefficient (Wildman–Crippen LogP) is 1.97. The number of rotatable bonds is 4. The third kappa shape index (κ3) is 4.32. The lowest BCUT2D eigenvalue weighted by atomic mass is 10.1. The van der Waals surface area contributed by atoms with Crippen molar-refractivity contribution < 1.29 is 9.90 Å². The third-order valence-electron chi connectivity index (χ3n) is 2.23. The van der Waals surface area contributed by atoms with Crippen molar-refractivity contribution in [2.45, 2.75) is 32.8 Å². The standard InChI is InChI=1S/C12H17ClN2O2/c1-7(2)10-4-9(5-11(13)15-10)12(17)14-6-8(3)16/h4-5,7-8,16H,6H2,1-3H3,(H,14,17). The number of aliphatic hydroxyl groups excluding tert-OH is 1. The van der Waals surface area contributed by atoms with Crippen molar-refractivity contribution in [1.82, 2.24) is 10.3 Å². The van der Waals surface area contributed by atoms with E-state index in [0.29, 0.717) is 10.7 Å². The molecule has 0 saturated carbocycles. The number of carbonyl (C=O) groups excluding carboxylic acids is 1. The van der Waals surface area contributed by atoms with Crippen LogP contribution in [0.5, 0.6) is 0 Å². The molecule has 1 heterocycles. The molecule has 94 valence electrons. The van der Waals surface area contributed by atoms with E-state index in [1.54, 1.807) is 13.0 Å². The summed E-state index contributed by atoms with van der Waals surface area (Å²) in [6, 6.07) is 3.23. The molecule has 0 bridgehead atoms. The van der Waals surface area contributed by atoms with Crippen LogP contribution in [0.25, 0.3) is 0 Å². The lowest BCUT2D eigenvalue weighted by Gasteiger charge is -2.10. The molecule has 1 unspecified atom stereocenters. The molecule has 0 radical (unpaired) electrons. The van der Waals surface area contributed by atoms with Crippen LogP contribution in [0, 0.1) is 0 Å². The third-order valence-corrected chi connectivity index (χ3v) is 2.42. The van der Waals surface area contributed by atoms with E-state index < -0.39 is 6.10 Å². The molecule has 0 saturated heterocycles. The molecule has 0 aliphatic rings. The van der Waals surface area contributed by atoms with Gasteiger partial charge in [-0.15, -0.1) is 0 Å². The molecule has 4 nitrogen and oxygen atoms in total. The summed E-state index contributed by atoms with van der Waals surface area (Å²) in [5, 5.41) is 12.0. The Morgan fingerprint density at radius 2 is 2.12 bits per heavy atom. The van der Waals surface area contributed by atoms with E-state index >= 15 is 0 Å². The van der Waals surface area contributed by atoms with Crippen molar-refractivity contribution in [2.75, 3.05) is 6.54 Å². The number of hydrogen-bond donors (Lipinski definition) is 2. The SMILES string of the molecule is CC(O)CNC(=O)c1cc(Cl)nc(C(C)C)c1. The van der Waals surface area contributed by atoms with Gasteiger partial charge in [-0.05, 0) is 25.0 Å². The quantitative estimate of drug-likeness (QED) is 0.810. The summed E-state index contributed by atoms with van der Waals surface area (Å²) < 4.78 is 0. The Kier molecular flexibility index (Phi) is 4.90. The van der Waals surface area contributed by atoms with E-state index in [0.717, 1.165) is 5.69 Å². The number of aromatic nitrogens is 1. The number of halogens is 1. The maximum Gasteiger partial charge on any atom is 0.251 e. The fourth-order valence-corrected chi connectivity index (χ4v) is 1.50. The van der Waals surface area contributed by atoms with Crippen LogP contribution in [0.2, 0.25) is 5.15 Å². The number of amides is 1. The van der Waals surface area contributed by atoms with Crippen LogP contribution in [0.3, 0.4) is 0 Å². The van der Waals surface area contributed by atoms with Crippen LogP contribution in [0.1, 0.15) is 42.7 Å². The number of pyridine rings is 1. The molecule has 5 heteroatoms. The smallest absolute Gasteiger partial charge is 0.251 e. The molecule has 1 aromatic rings. The molecule has 1 rings (SSSR count). The highest BCUT2D eigenvalue weighted by Gasteiger charge is 2.11. The van der Waals surface area contributed by atoms with Gasteiger partial charge in [0.15, 0.2) is 0 Å². The number of nitrogens with zero attached hydrogens (tertiary/aromatic N) is 1. The van der Waals surface area contributed by atoms with E-state index in [9.17, 15) is 4.79 Å². The zero-order chi connectivity index (χ0) is 13.0. The maximum atomic E-state index is 11.8. The molecule has 0 aromatic carbocycles. The lowest BCUT2D eigenvalue weighted by molar-refractivity contribution is 0.0924. The zero-order valence-corrected chi connectivity index (χ0v) is 11.0. The number of carbonyl (C=O) groups is 1. The minimum absolute atomic E-state index is 0.206. The molecule has 0 aliphatic carbocycles. The Bertz CT molecular complexity index is 405. The van der Waals surface area contributed by atoms with Gasteiger partial charge in [0.2, 0.25) is 0 Å². The molecule has 1 aromatic heterocycles. The molecule has 0 spiro atoms. The lowest BCUT2D eigenvalue weighted by Crippen LogP contribution is -2.30. The summed E-state index contributed by atoms with van der Waals surface area (Å²) >= 11 is 5.86. The van der Waals surface area contributed by atoms with Gasteiger partial charge < -0.3 is 10.4 Å². The highest BCUT2D eigenvalue weighted by molar-refractivity contribution is 6.29. The molecule has 2 N–H and O–H groups in total. The van der Waals surface area contributed by atoms with Gasteiger partial charge in [-0.3, -0.25) is 4.79 Å². The van der Waals surface area contributed by atoms with Gasteiger partial charge in [0, 0.05) is 17.8 Å². The van der Waals surface area contributed by atoms with Crippen molar-refractivity contribution in [3.63, 3.8) is 0 Å². The van der Waals surface area contributed by atoms with Crippen molar-refractivity contribution in [1.29, 1.82) is 0 Å². The first-order valence-corrected chi connectivity index (χ1v) is 5.91. The molecule has 0 aliphatic heterocycles. The molecule has 1 atom stereocenters. The maximum absolute atomic E-state index is 11.8. The summed E-state index contributed by atoms with van der Waals surface area (Å²) in [6.07, 6.45) is -0.569. The second-order valence-corrected chi connectivity index (χ2v) is 4.70. The van der Waals surface area contributed by atoms with Crippen molar-refractivity contribution in [3.8, 4) is 0 Å². The average molecular weight is 257 g/mol. The molecule has 0 fully saturated rings. The molecule has 17 heavy (non-hydrogen) atoms. The second-order valence-electron chi connectivity index (χ2n) is 4.32. The topological polar surface area (TPSA) is 62.2 Å². The molecular formula is C12H17ClN2O2. The summed E-state index contributed by atoms with van der Waals surface area (Å²) in [7, 11) is 0. The van der Waals surface area contributed by atoms with E-state index in [1.165, 1.54) is 6.07 Å². The van der Waals surface area contributed by atoms with E-state index in [1.807, 2.05) is 13.8 Å². The van der Waals surface area contributed by atoms with Crippen LogP contribution in [-0.4, -0.2) is 28.6 Å². The summed E-state index contributed by atoms with van der Waals surface area (Å²) in [6.45, 7) is 5.79. The first kappa shape index (κ1) is 13.9. The largest absolute Gasteiger partial charge is 0.392 e. The van der Waals surface area contributed by atoms with Crippen LogP contribution in [0.4, 0.5) is 0 Å². The minimum Gasteiger partial charge on any atom is -0.392 e. The Hall–Kier alpha value is -1.13. The normalized spacial score (nSPS) is 12.6. The van der Waals surface area contributed by atoms with Gasteiger partial charge in [-0.2, -0.15) is 0 Å². The van der Waals surface area contributed by atoms with Crippen molar-refractivity contribution >= 4 is 17.5 Å². The fourth-order valence-electron chi connectivity index (χ4n) is 1.29. The van der Waals surface area contributed by atoms with Crippen LogP contribution >= 0.6 is 11.6 Å². The second kappa shape index (κ2) is 5.98. The highest BCUT2D eigenvalue weighted by atomic mass is 35.5. The van der Waals surface area contributed by atoms with Crippen molar-refractivity contribution in [3.05, 3.63) is 28.5 Å². The van der Waals surface area contributed by atoms with E-state index in [-0.39, 0.29) is 18.4 Å². The Morgan fingerprint density at radius 1 is 1.47 bits per heavy atom. The number of aliphatic hydroxyl groups is 1. The molecular weight excluding hydrogens is 240 g/mol. The Balaban J connectivity index is 2.86. The summed E-state index contributed by atoms with van der Waals surface area (Å²) in [5.41, 5.74) is 1.24. The monoisotopic (exact) mass is 256 g/mol. The minimum atomic E-state index is -0.569. The Morgan fingerprint density at radius 3 is 2.65 bits per heavy atom. The fraction of sp³-hybridized carbons (Fsp3) is 0.500. The van der Waals surface area contributed by atoms with E-state index in [4.69, 9.17) is 16.7 Å². The van der Waals surface area contributed by atoms with Crippen molar-refractivity contribution in [2.24, 2.45) is 0 Å². The predicted molar refractivity (Wildman–Crippen MR) is 67.4 cm³/mol. The zero-order valence-electron chi connectivity index (χ0n) is 10.2. The van der Waals surface area contributed by atoms with Gasteiger partial charge in [0.05, 0.1) is 6.10 Å². The van der Waals surface area contributed by atoms with Gasteiger partial charge in [-0.25, -0.2) is 4.98 Å².